The van der Waals surface area contributed by atoms with Crippen LogP contribution in [-0.4, -0.2) is 111 Å². The lowest BCUT2D eigenvalue weighted by atomic mass is 9.82. The topological polar surface area (TPSA) is 225 Å². The van der Waals surface area contributed by atoms with E-state index >= 15 is 0 Å². The smallest absolute Gasteiger partial charge is 0.407 e. The number of alkyl carbamates (subject to hydrolysis) is 2. The molecule has 18 heteroatoms. The van der Waals surface area contributed by atoms with Crippen LogP contribution in [0.4, 0.5) is 19.7 Å². The molecule has 3 saturated heterocycles. The maximum absolute atomic E-state index is 14.6. The summed E-state index contributed by atoms with van der Waals surface area (Å²) in [4.78, 5) is 86.0. The first kappa shape index (κ1) is 51.1. The molecule has 3 aromatic carbocycles. The zero-order valence-corrected chi connectivity index (χ0v) is 40.6. The number of nitrogens with one attached hydrogen (secondary N) is 2. The highest BCUT2D eigenvalue weighted by atomic mass is 19.1. The van der Waals surface area contributed by atoms with Gasteiger partial charge in [-0.15, -0.1) is 0 Å². The second-order valence-corrected chi connectivity index (χ2v) is 19.9. The zero-order chi connectivity index (χ0) is 50.1. The Morgan fingerprint density at radius 3 is 1.25 bits per heavy atom. The van der Waals surface area contributed by atoms with Gasteiger partial charge in [-0.2, -0.15) is 0 Å². The number of benzene rings is 3. The first-order valence-electron chi connectivity index (χ1n) is 22.8. The van der Waals surface area contributed by atoms with E-state index in [0.717, 1.165) is 11.1 Å². The number of nitrogens with two attached hydrogens (primary N) is 2. The summed E-state index contributed by atoms with van der Waals surface area (Å²) in [5.41, 5.74) is 11.0. The monoisotopic (exact) mass is 943 g/mol. The summed E-state index contributed by atoms with van der Waals surface area (Å²) >= 11 is 0. The van der Waals surface area contributed by atoms with E-state index in [1.807, 2.05) is 24.3 Å². The van der Waals surface area contributed by atoms with Crippen LogP contribution in [0.25, 0.3) is 0 Å². The van der Waals surface area contributed by atoms with Crippen LogP contribution in [0.5, 0.6) is 0 Å². The van der Waals surface area contributed by atoms with Crippen molar-refractivity contribution in [2.75, 3.05) is 46.4 Å². The summed E-state index contributed by atoms with van der Waals surface area (Å²) in [7, 11) is 5.57. The molecule has 0 aromatic heterocycles. The van der Waals surface area contributed by atoms with E-state index in [1.165, 1.54) is 36.2 Å². The van der Waals surface area contributed by atoms with E-state index in [-0.39, 0.29) is 25.9 Å². The molecule has 0 bridgehead atoms. The Balaban J connectivity index is 1.42. The zero-order valence-electron chi connectivity index (χ0n) is 40.6. The van der Waals surface area contributed by atoms with Gasteiger partial charge in [0, 0.05) is 33.0 Å². The van der Waals surface area contributed by atoms with Gasteiger partial charge >= 0.3 is 12.2 Å². The minimum absolute atomic E-state index is 0.223. The number of nitrogens with zero attached hydrogens (tertiary/aromatic N) is 3. The molecule has 3 aliphatic heterocycles. The first-order valence-corrected chi connectivity index (χ1v) is 22.8. The molecule has 8 atom stereocenters. The number of hydrogen-bond acceptors (Lipinski definition) is 11. The Morgan fingerprint density at radius 2 is 0.956 bits per heavy atom. The number of primary amides is 2. The lowest BCUT2D eigenvalue weighted by Crippen LogP contribution is -2.61. The highest BCUT2D eigenvalue weighted by molar-refractivity contribution is 5.96. The first-order chi connectivity index (χ1) is 32.0. The molecule has 0 unspecified atom stereocenters. The highest BCUT2D eigenvalue weighted by Crippen LogP contribution is 2.51. The number of rotatable bonds is 13. The SMILES string of the molecule is COC(=O)N[C@H](C(=O)N1CCC[C@@]1(C(N)=O)c1ccc([C@H]2[C@@H](OC)[C@H](OC)[C@H](c3ccc([C@]4(C(N)=O)CCCN4C(=O)[C@@H](NC(=O)OC)C(C)(C)C)cc3)N2c2ccc(F)cc2)cc1)C(C)(C)C. The number of hydrogen-bond donors (Lipinski definition) is 4. The standard InChI is InChI=1S/C50H66FN7O10/c1-47(2,3)39(54-45(63)67-9)41(59)56-27-11-25-49(56,43(52)61)31-17-13-29(14-18-31)35-37(65-7)38(66-8)36(58(35)34-23-21-33(51)22-24-34)30-15-19-32(20-16-30)50(44(53)62)26-12-28-57(50)42(60)40(48(4,5)6)55-46(64)68-10/h13-24,35-40H,11-12,25-28H2,1-10H3,(H2,52,61)(H2,53,62)(H,54,63)(H,55,64)/t35-,36-,37+,38+,39+,40+,49-,50-/m0/s1. The van der Waals surface area contributed by atoms with Gasteiger partial charge in [0.25, 0.3) is 0 Å². The Labute approximate surface area is 397 Å². The molecule has 368 valence electrons. The van der Waals surface area contributed by atoms with Crippen molar-refractivity contribution in [1.29, 1.82) is 0 Å². The molecular weight excluding hydrogens is 878 g/mol. The number of ether oxygens (including phenoxy) is 4. The van der Waals surface area contributed by atoms with Crippen LogP contribution in [0.1, 0.15) is 102 Å². The maximum atomic E-state index is 14.6. The molecule has 0 radical (unpaired) electrons. The van der Waals surface area contributed by atoms with Crippen LogP contribution in [-0.2, 0) is 49.2 Å². The number of likely N-dealkylation sites (tertiary alicyclic amines) is 2. The molecule has 6 rings (SSSR count). The third-order valence-electron chi connectivity index (χ3n) is 13.9. The summed E-state index contributed by atoms with van der Waals surface area (Å²) in [5, 5.41) is 5.31. The largest absolute Gasteiger partial charge is 0.453 e. The van der Waals surface area contributed by atoms with Crippen LogP contribution in [0.3, 0.4) is 0 Å². The second-order valence-electron chi connectivity index (χ2n) is 19.9. The molecule has 6 amide bonds. The van der Waals surface area contributed by atoms with Crippen molar-refractivity contribution in [2.24, 2.45) is 22.3 Å². The number of carbonyl (C=O) groups is 6. The van der Waals surface area contributed by atoms with Crippen molar-refractivity contribution in [2.45, 2.75) is 115 Å². The van der Waals surface area contributed by atoms with Gasteiger partial charge in [0.2, 0.25) is 23.6 Å². The fourth-order valence-electron chi connectivity index (χ4n) is 10.5. The lowest BCUT2D eigenvalue weighted by molar-refractivity contribution is -0.147. The predicted octanol–water partition coefficient (Wildman–Crippen LogP) is 5.31. The molecule has 3 heterocycles. The average molecular weight is 944 g/mol. The summed E-state index contributed by atoms with van der Waals surface area (Å²) < 4.78 is 36.8. The molecule has 68 heavy (non-hydrogen) atoms. The van der Waals surface area contributed by atoms with Crippen molar-refractivity contribution in [1.82, 2.24) is 20.4 Å². The maximum Gasteiger partial charge on any atom is 0.407 e. The number of halogens is 1. The molecule has 0 aliphatic carbocycles. The third-order valence-corrected chi connectivity index (χ3v) is 13.9. The average Bonchev–Trinajstić information content (AvgIpc) is 4.04. The summed E-state index contributed by atoms with van der Waals surface area (Å²) in [6, 6.07) is 17.3. The van der Waals surface area contributed by atoms with Crippen molar-refractivity contribution in [3.63, 3.8) is 0 Å². The minimum Gasteiger partial charge on any atom is -0.453 e. The lowest BCUT2D eigenvalue weighted by Gasteiger charge is -2.41. The molecular formula is C50H66FN7O10. The number of methoxy groups -OCH3 is 4. The molecule has 3 aliphatic rings. The Morgan fingerprint density at radius 1 is 0.603 bits per heavy atom. The normalized spacial score (nSPS) is 24.8. The minimum atomic E-state index is -1.53. The molecule has 3 aromatic rings. The Hall–Kier alpha value is -6.27. The van der Waals surface area contributed by atoms with Crippen molar-refractivity contribution in [3.05, 3.63) is 101 Å². The van der Waals surface area contributed by atoms with E-state index in [1.54, 1.807) is 92.2 Å². The number of anilines is 1. The fraction of sp³-hybridized carbons (Fsp3) is 0.520. The summed E-state index contributed by atoms with van der Waals surface area (Å²) in [6.45, 7) is 11.3. The van der Waals surface area contributed by atoms with Crippen molar-refractivity contribution in [3.8, 4) is 0 Å². The Kier molecular flexibility index (Phi) is 14.9. The van der Waals surface area contributed by atoms with Crippen molar-refractivity contribution < 1.29 is 52.1 Å². The molecule has 3 fully saturated rings. The van der Waals surface area contributed by atoms with Crippen LogP contribution < -0.4 is 27.0 Å². The van der Waals surface area contributed by atoms with E-state index in [2.05, 4.69) is 15.5 Å². The van der Waals surface area contributed by atoms with E-state index < -0.39 is 99.9 Å². The molecule has 0 spiro atoms. The molecule has 0 saturated carbocycles. The van der Waals surface area contributed by atoms with Gasteiger partial charge in [0.1, 0.15) is 41.2 Å². The van der Waals surface area contributed by atoms with Gasteiger partial charge in [-0.05, 0) is 83.0 Å². The number of carbonyl (C=O) groups excluding carboxylic acids is 6. The quantitative estimate of drug-likeness (QED) is 0.172. The van der Waals surface area contributed by atoms with Gasteiger partial charge < -0.3 is 55.7 Å². The summed E-state index contributed by atoms with van der Waals surface area (Å²) in [6.07, 6.45) is -1.38. The Bertz CT molecular complexity index is 2210. The van der Waals surface area contributed by atoms with Crippen molar-refractivity contribution >= 4 is 41.5 Å². The van der Waals surface area contributed by atoms with Crippen LogP contribution >= 0.6 is 0 Å². The van der Waals surface area contributed by atoms with E-state index in [9.17, 15) is 33.2 Å². The molecule has 17 nitrogen and oxygen atoms in total. The third kappa shape index (κ3) is 9.19. The van der Waals surface area contributed by atoms with Gasteiger partial charge in [-0.25, -0.2) is 14.0 Å². The molecule has 6 N–H and O–H groups in total. The van der Waals surface area contributed by atoms with Crippen LogP contribution in [0.15, 0.2) is 72.8 Å². The van der Waals surface area contributed by atoms with E-state index in [0.29, 0.717) is 29.7 Å². The van der Waals surface area contributed by atoms with E-state index in [4.69, 9.17) is 30.4 Å². The second kappa shape index (κ2) is 19.8. The van der Waals surface area contributed by atoms with Gasteiger partial charge in [0.15, 0.2) is 0 Å². The fourth-order valence-corrected chi connectivity index (χ4v) is 10.5. The van der Waals surface area contributed by atoms with Crippen LogP contribution in [0, 0.1) is 16.6 Å². The summed E-state index contributed by atoms with van der Waals surface area (Å²) in [5.74, 6) is -2.83. The van der Waals surface area contributed by atoms with Gasteiger partial charge in [-0.3, -0.25) is 19.2 Å². The van der Waals surface area contributed by atoms with Gasteiger partial charge in [0.05, 0.1) is 26.3 Å². The number of amides is 6. The van der Waals surface area contributed by atoms with Crippen LogP contribution in [0.2, 0.25) is 0 Å². The predicted molar refractivity (Wildman–Crippen MR) is 250 cm³/mol. The van der Waals surface area contributed by atoms with Gasteiger partial charge in [-0.1, -0.05) is 90.1 Å². The highest BCUT2D eigenvalue weighted by Gasteiger charge is 2.56.